The number of hydrogen-bond donors (Lipinski definition) is 2. The van der Waals surface area contributed by atoms with E-state index in [0.29, 0.717) is 0 Å². The molecule has 0 aromatic rings. The van der Waals surface area contributed by atoms with Crippen molar-refractivity contribution in [2.45, 2.75) is 26.3 Å². The minimum Gasteiger partial charge on any atom is -0.269 e. The van der Waals surface area contributed by atoms with E-state index in [1.165, 1.54) is 11.8 Å². The molecule has 0 aromatic heterocycles. The van der Waals surface area contributed by atoms with Gasteiger partial charge in [-0.25, -0.2) is 5.43 Å². The lowest BCUT2D eigenvalue weighted by Crippen LogP contribution is -2.31. The molecule has 1 unspecified atom stereocenters. The van der Waals surface area contributed by atoms with E-state index < -0.39 is 0 Å². The third-order valence-electron chi connectivity index (χ3n) is 1.49. The molecule has 0 amide bonds. The van der Waals surface area contributed by atoms with Crippen LogP contribution in [0, 0.1) is 5.41 Å². The summed E-state index contributed by atoms with van der Waals surface area (Å²) >= 11 is 1.54. The Morgan fingerprint density at radius 1 is 1.58 bits per heavy atom. The molecule has 5 heteroatoms. The SMILES string of the molecule is CC(C)(C)C1=CSC(NN)N=N1. The summed E-state index contributed by atoms with van der Waals surface area (Å²) in [5, 5.41) is 10.1. The van der Waals surface area contributed by atoms with Crippen LogP contribution < -0.4 is 11.3 Å². The van der Waals surface area contributed by atoms with E-state index in [-0.39, 0.29) is 10.9 Å². The number of hydrazine groups is 1. The molecule has 0 radical (unpaired) electrons. The van der Waals surface area contributed by atoms with E-state index in [1.54, 1.807) is 0 Å². The number of nitrogens with zero attached hydrogens (tertiary/aromatic N) is 2. The van der Waals surface area contributed by atoms with E-state index in [0.717, 1.165) is 5.70 Å². The first-order valence-corrected chi connectivity index (χ1v) is 4.71. The Morgan fingerprint density at radius 2 is 2.25 bits per heavy atom. The van der Waals surface area contributed by atoms with E-state index in [1.807, 2.05) is 5.41 Å². The van der Waals surface area contributed by atoms with Crippen LogP contribution in [-0.4, -0.2) is 5.50 Å². The lowest BCUT2D eigenvalue weighted by Gasteiger charge is -2.21. The first kappa shape index (κ1) is 9.70. The monoisotopic (exact) mass is 186 g/mol. The van der Waals surface area contributed by atoms with E-state index in [9.17, 15) is 0 Å². The Morgan fingerprint density at radius 3 is 2.58 bits per heavy atom. The van der Waals surface area contributed by atoms with Crippen molar-refractivity contribution >= 4 is 11.8 Å². The summed E-state index contributed by atoms with van der Waals surface area (Å²) in [6, 6.07) is 0. The van der Waals surface area contributed by atoms with Crippen LogP contribution in [0.4, 0.5) is 0 Å². The van der Waals surface area contributed by atoms with Gasteiger partial charge in [-0.15, -0.1) is 0 Å². The Hall–Kier alpha value is -0.390. The number of nitrogens with one attached hydrogen (secondary N) is 1. The van der Waals surface area contributed by atoms with Crippen LogP contribution in [0.15, 0.2) is 21.3 Å². The summed E-state index contributed by atoms with van der Waals surface area (Å²) in [5.41, 5.74) is 3.47. The number of nitrogens with two attached hydrogens (primary N) is 1. The fourth-order valence-electron chi connectivity index (χ4n) is 0.694. The van der Waals surface area contributed by atoms with Gasteiger partial charge in [-0.2, -0.15) is 10.2 Å². The van der Waals surface area contributed by atoms with Gasteiger partial charge in [-0.3, -0.25) is 5.84 Å². The molecular weight excluding hydrogens is 172 g/mol. The molecule has 0 saturated carbocycles. The molecule has 1 aliphatic heterocycles. The molecule has 0 saturated heterocycles. The van der Waals surface area contributed by atoms with Crippen LogP contribution in [-0.2, 0) is 0 Å². The fraction of sp³-hybridized carbons (Fsp3) is 0.714. The number of allylic oxidation sites excluding steroid dienone is 1. The lowest BCUT2D eigenvalue weighted by atomic mass is 9.93. The first-order valence-electron chi connectivity index (χ1n) is 3.77. The van der Waals surface area contributed by atoms with Crippen molar-refractivity contribution in [3.63, 3.8) is 0 Å². The molecule has 3 N–H and O–H groups in total. The van der Waals surface area contributed by atoms with Crippen LogP contribution in [0.25, 0.3) is 0 Å². The number of thioether (sulfide) groups is 1. The summed E-state index contributed by atoms with van der Waals surface area (Å²) < 4.78 is 0. The third kappa shape index (κ3) is 2.30. The highest BCUT2D eigenvalue weighted by Crippen LogP contribution is 2.32. The molecule has 0 aliphatic carbocycles. The second-order valence-corrected chi connectivity index (χ2v) is 4.58. The largest absolute Gasteiger partial charge is 0.269 e. The zero-order valence-corrected chi connectivity index (χ0v) is 8.35. The van der Waals surface area contributed by atoms with Gasteiger partial charge in [-0.05, 0) is 5.41 Å². The average molecular weight is 186 g/mol. The van der Waals surface area contributed by atoms with Crippen molar-refractivity contribution in [1.82, 2.24) is 5.43 Å². The first-order chi connectivity index (χ1) is 5.54. The minimum atomic E-state index is -0.129. The second-order valence-electron chi connectivity index (χ2n) is 3.62. The molecule has 0 spiro atoms. The summed E-state index contributed by atoms with van der Waals surface area (Å²) in [6.07, 6.45) is 0. The lowest BCUT2D eigenvalue weighted by molar-refractivity contribution is 0.486. The maximum atomic E-state index is 5.20. The number of azo groups is 1. The predicted octanol–water partition coefficient (Wildman–Crippen LogP) is 1.82. The third-order valence-corrected chi connectivity index (χ3v) is 2.34. The minimum absolute atomic E-state index is 0.0655. The number of rotatable bonds is 1. The average Bonchev–Trinajstić information content (AvgIpc) is 2.03. The molecule has 1 atom stereocenters. The Labute approximate surface area is 76.7 Å². The maximum Gasteiger partial charge on any atom is 0.184 e. The van der Waals surface area contributed by atoms with Crippen molar-refractivity contribution in [1.29, 1.82) is 0 Å². The standard InChI is InChI=1S/C7H14N4S/c1-7(2,3)5-4-12-6(9-8)11-10-5/h4,6,9H,8H2,1-3H3. The van der Waals surface area contributed by atoms with Crippen LogP contribution in [0.3, 0.4) is 0 Å². The van der Waals surface area contributed by atoms with Crippen molar-refractivity contribution in [3.8, 4) is 0 Å². The van der Waals surface area contributed by atoms with Gasteiger partial charge in [0.25, 0.3) is 0 Å². The molecule has 1 rings (SSSR count). The van der Waals surface area contributed by atoms with Crippen LogP contribution >= 0.6 is 11.8 Å². The summed E-state index contributed by atoms with van der Waals surface area (Å²) in [4.78, 5) is 0. The van der Waals surface area contributed by atoms with Crippen molar-refractivity contribution in [2.24, 2.45) is 21.5 Å². The zero-order valence-electron chi connectivity index (χ0n) is 7.53. The molecule has 0 fully saturated rings. The van der Waals surface area contributed by atoms with Gasteiger partial charge < -0.3 is 0 Å². The van der Waals surface area contributed by atoms with Gasteiger partial charge in [0.05, 0.1) is 5.70 Å². The smallest absolute Gasteiger partial charge is 0.184 e. The molecule has 0 bridgehead atoms. The molecule has 68 valence electrons. The van der Waals surface area contributed by atoms with Gasteiger partial charge in [0.1, 0.15) is 0 Å². The Kier molecular flexibility index (Phi) is 2.87. The van der Waals surface area contributed by atoms with Gasteiger partial charge in [0, 0.05) is 5.41 Å². The second kappa shape index (κ2) is 3.55. The van der Waals surface area contributed by atoms with E-state index in [4.69, 9.17) is 5.84 Å². The summed E-state index contributed by atoms with van der Waals surface area (Å²) in [7, 11) is 0. The highest BCUT2D eigenvalue weighted by molar-refractivity contribution is 8.02. The molecule has 12 heavy (non-hydrogen) atoms. The van der Waals surface area contributed by atoms with Gasteiger partial charge in [-0.1, -0.05) is 32.5 Å². The molecule has 0 aromatic carbocycles. The fourth-order valence-corrected chi connectivity index (χ4v) is 1.53. The molecule has 1 aliphatic rings. The van der Waals surface area contributed by atoms with Crippen molar-refractivity contribution in [3.05, 3.63) is 11.1 Å². The highest BCUT2D eigenvalue weighted by atomic mass is 32.2. The maximum absolute atomic E-state index is 5.20. The summed E-state index contributed by atoms with van der Waals surface area (Å²) in [5.74, 6) is 5.20. The Bertz CT molecular complexity index is 216. The predicted molar refractivity (Wildman–Crippen MR) is 51.1 cm³/mol. The van der Waals surface area contributed by atoms with Gasteiger partial charge in [0.2, 0.25) is 0 Å². The zero-order chi connectivity index (χ0) is 9.19. The molecule has 4 nitrogen and oxygen atoms in total. The quantitative estimate of drug-likeness (QED) is 0.485. The number of hydrogen-bond acceptors (Lipinski definition) is 5. The van der Waals surface area contributed by atoms with Crippen LogP contribution in [0.2, 0.25) is 0 Å². The summed E-state index contributed by atoms with van der Waals surface area (Å²) in [6.45, 7) is 6.32. The van der Waals surface area contributed by atoms with Crippen LogP contribution in [0.1, 0.15) is 20.8 Å². The van der Waals surface area contributed by atoms with Gasteiger partial charge >= 0.3 is 0 Å². The molecule has 1 heterocycles. The van der Waals surface area contributed by atoms with Crippen molar-refractivity contribution in [2.75, 3.05) is 0 Å². The van der Waals surface area contributed by atoms with E-state index in [2.05, 4.69) is 36.4 Å². The highest BCUT2D eigenvalue weighted by Gasteiger charge is 2.20. The van der Waals surface area contributed by atoms with Gasteiger partial charge in [0.15, 0.2) is 5.50 Å². The Balaban J connectivity index is 2.64. The van der Waals surface area contributed by atoms with E-state index >= 15 is 0 Å². The van der Waals surface area contributed by atoms with Crippen LogP contribution in [0.5, 0.6) is 0 Å². The van der Waals surface area contributed by atoms with Crippen molar-refractivity contribution < 1.29 is 0 Å². The topological polar surface area (TPSA) is 62.8 Å². The normalized spacial score (nSPS) is 24.0. The molecular formula is C7H14N4S.